The van der Waals surface area contributed by atoms with Crippen molar-refractivity contribution in [1.82, 2.24) is 5.43 Å². The monoisotopic (exact) mass is 322 g/mol. The minimum atomic E-state index is -0.394. The van der Waals surface area contributed by atoms with Crippen LogP contribution in [0.4, 0.5) is 0 Å². The van der Waals surface area contributed by atoms with Gasteiger partial charge in [-0.05, 0) is 25.5 Å². The van der Waals surface area contributed by atoms with Crippen molar-refractivity contribution in [1.29, 1.82) is 0 Å². The standard InChI is InChI=1S/C12H13Cl3N2O2/c1-3-7(2)16-17-11(18)6-19-12-9(14)4-8(13)5-10(12)15/h4-5H,3,6H2,1-2H3,(H,17,18)/b16-7+. The summed E-state index contributed by atoms with van der Waals surface area (Å²) in [5.74, 6) is -0.172. The molecule has 0 saturated carbocycles. The van der Waals surface area contributed by atoms with Gasteiger partial charge in [-0.25, -0.2) is 5.43 Å². The molecule has 0 unspecified atom stereocenters. The predicted octanol–water partition coefficient (Wildman–Crippen LogP) is 3.93. The predicted molar refractivity (Wildman–Crippen MR) is 78.5 cm³/mol. The number of amides is 1. The number of halogens is 3. The molecule has 0 fully saturated rings. The van der Waals surface area contributed by atoms with E-state index in [4.69, 9.17) is 39.5 Å². The molecule has 4 nitrogen and oxygen atoms in total. The molecular weight excluding hydrogens is 311 g/mol. The number of benzene rings is 1. The fourth-order valence-corrected chi connectivity index (χ4v) is 2.00. The molecule has 1 aromatic carbocycles. The maximum absolute atomic E-state index is 11.5. The van der Waals surface area contributed by atoms with Gasteiger partial charge >= 0.3 is 0 Å². The summed E-state index contributed by atoms with van der Waals surface area (Å²) in [6.07, 6.45) is 0.760. The highest BCUT2D eigenvalue weighted by Crippen LogP contribution is 2.35. The van der Waals surface area contributed by atoms with E-state index in [1.165, 1.54) is 12.1 Å². The lowest BCUT2D eigenvalue weighted by atomic mass is 10.3. The van der Waals surface area contributed by atoms with Gasteiger partial charge in [0.15, 0.2) is 12.4 Å². The van der Waals surface area contributed by atoms with E-state index in [0.29, 0.717) is 5.02 Å². The largest absolute Gasteiger partial charge is 0.481 e. The molecule has 1 aromatic rings. The van der Waals surface area contributed by atoms with Crippen LogP contribution in [0.3, 0.4) is 0 Å². The second-order valence-electron chi connectivity index (χ2n) is 3.72. The number of hydrazone groups is 1. The van der Waals surface area contributed by atoms with Crippen molar-refractivity contribution in [2.24, 2.45) is 5.10 Å². The lowest BCUT2D eigenvalue weighted by Gasteiger charge is -2.09. The van der Waals surface area contributed by atoms with Gasteiger partial charge in [0, 0.05) is 10.7 Å². The number of nitrogens with one attached hydrogen (secondary N) is 1. The van der Waals surface area contributed by atoms with E-state index in [-0.39, 0.29) is 22.4 Å². The van der Waals surface area contributed by atoms with Gasteiger partial charge in [-0.15, -0.1) is 0 Å². The number of ether oxygens (including phenoxy) is 1. The molecule has 0 aliphatic carbocycles. The molecule has 1 amide bonds. The molecule has 0 aliphatic heterocycles. The zero-order valence-electron chi connectivity index (χ0n) is 10.5. The maximum atomic E-state index is 11.5. The third kappa shape index (κ3) is 5.27. The van der Waals surface area contributed by atoms with Crippen molar-refractivity contribution in [2.75, 3.05) is 6.61 Å². The number of carbonyl (C=O) groups excluding carboxylic acids is 1. The maximum Gasteiger partial charge on any atom is 0.277 e. The molecule has 0 atom stereocenters. The lowest BCUT2D eigenvalue weighted by Crippen LogP contribution is -2.25. The molecular formula is C12H13Cl3N2O2. The Hall–Kier alpha value is -0.970. The smallest absolute Gasteiger partial charge is 0.277 e. The number of hydrogen-bond donors (Lipinski definition) is 1. The summed E-state index contributed by atoms with van der Waals surface area (Å²) in [7, 11) is 0. The van der Waals surface area contributed by atoms with Gasteiger partial charge < -0.3 is 4.74 Å². The summed E-state index contributed by atoms with van der Waals surface area (Å²) in [4.78, 5) is 11.5. The molecule has 0 aromatic heterocycles. The third-order valence-electron chi connectivity index (χ3n) is 2.19. The van der Waals surface area contributed by atoms with Gasteiger partial charge in [-0.3, -0.25) is 4.79 Å². The van der Waals surface area contributed by atoms with Crippen LogP contribution in [0.25, 0.3) is 0 Å². The van der Waals surface area contributed by atoms with Gasteiger partial charge in [0.1, 0.15) is 0 Å². The summed E-state index contributed by atoms with van der Waals surface area (Å²) >= 11 is 17.6. The fraction of sp³-hybridized carbons (Fsp3) is 0.333. The van der Waals surface area contributed by atoms with Gasteiger partial charge in [-0.2, -0.15) is 5.10 Å². The Balaban J connectivity index is 2.60. The Morgan fingerprint density at radius 2 is 1.89 bits per heavy atom. The summed E-state index contributed by atoms with van der Waals surface area (Å²) in [5.41, 5.74) is 3.18. The Labute approximate surface area is 126 Å². The first kappa shape index (κ1) is 16.1. The van der Waals surface area contributed by atoms with E-state index in [0.717, 1.165) is 12.1 Å². The lowest BCUT2D eigenvalue weighted by molar-refractivity contribution is -0.123. The van der Waals surface area contributed by atoms with Gasteiger partial charge in [-0.1, -0.05) is 41.7 Å². The third-order valence-corrected chi connectivity index (χ3v) is 2.97. The van der Waals surface area contributed by atoms with E-state index in [1.807, 2.05) is 13.8 Å². The van der Waals surface area contributed by atoms with Crippen LogP contribution in [0.5, 0.6) is 5.75 Å². The van der Waals surface area contributed by atoms with E-state index in [9.17, 15) is 4.79 Å². The molecule has 19 heavy (non-hydrogen) atoms. The summed E-state index contributed by atoms with van der Waals surface area (Å²) < 4.78 is 5.25. The molecule has 0 radical (unpaired) electrons. The van der Waals surface area contributed by atoms with Gasteiger partial charge in [0.25, 0.3) is 5.91 Å². The van der Waals surface area contributed by atoms with Crippen LogP contribution in [0, 0.1) is 0 Å². The average molecular weight is 324 g/mol. The van der Waals surface area contributed by atoms with Crippen molar-refractivity contribution >= 4 is 46.4 Å². The molecule has 7 heteroatoms. The van der Waals surface area contributed by atoms with Crippen molar-refractivity contribution in [2.45, 2.75) is 20.3 Å². The van der Waals surface area contributed by atoms with Crippen LogP contribution < -0.4 is 10.2 Å². The normalized spacial score (nSPS) is 11.3. The second-order valence-corrected chi connectivity index (χ2v) is 4.97. The molecule has 0 saturated heterocycles. The molecule has 104 valence electrons. The molecule has 0 spiro atoms. The van der Waals surface area contributed by atoms with Crippen LogP contribution in [0.2, 0.25) is 15.1 Å². The highest BCUT2D eigenvalue weighted by molar-refractivity contribution is 6.40. The van der Waals surface area contributed by atoms with Crippen molar-refractivity contribution in [3.8, 4) is 5.75 Å². The van der Waals surface area contributed by atoms with Crippen molar-refractivity contribution in [3.63, 3.8) is 0 Å². The van der Waals surface area contributed by atoms with Crippen LogP contribution in [0.15, 0.2) is 17.2 Å². The number of carbonyl (C=O) groups is 1. The summed E-state index contributed by atoms with van der Waals surface area (Å²) in [5, 5.41) is 4.76. The molecule has 1 rings (SSSR count). The Morgan fingerprint density at radius 3 is 2.42 bits per heavy atom. The zero-order chi connectivity index (χ0) is 14.4. The highest BCUT2D eigenvalue weighted by atomic mass is 35.5. The zero-order valence-corrected chi connectivity index (χ0v) is 12.7. The topological polar surface area (TPSA) is 50.7 Å². The summed E-state index contributed by atoms with van der Waals surface area (Å²) in [6, 6.07) is 2.98. The van der Waals surface area contributed by atoms with Gasteiger partial charge in [0.2, 0.25) is 0 Å². The van der Waals surface area contributed by atoms with Crippen LogP contribution >= 0.6 is 34.8 Å². The average Bonchev–Trinajstić information content (AvgIpc) is 2.34. The highest BCUT2D eigenvalue weighted by Gasteiger charge is 2.11. The fourth-order valence-electron chi connectivity index (χ4n) is 1.07. The molecule has 0 bridgehead atoms. The Kier molecular flexibility index (Phi) is 6.42. The Morgan fingerprint density at radius 1 is 1.32 bits per heavy atom. The first-order valence-corrected chi connectivity index (χ1v) is 6.66. The van der Waals surface area contributed by atoms with E-state index in [2.05, 4.69) is 10.5 Å². The van der Waals surface area contributed by atoms with Gasteiger partial charge in [0.05, 0.1) is 10.0 Å². The van der Waals surface area contributed by atoms with E-state index >= 15 is 0 Å². The molecule has 0 heterocycles. The SMILES string of the molecule is CC/C(C)=N/NC(=O)COc1c(Cl)cc(Cl)cc1Cl. The second kappa shape index (κ2) is 7.58. The van der Waals surface area contributed by atoms with Crippen LogP contribution in [0.1, 0.15) is 20.3 Å². The Bertz CT molecular complexity index is 481. The minimum Gasteiger partial charge on any atom is -0.481 e. The first-order chi connectivity index (χ1) is 8.93. The van der Waals surface area contributed by atoms with Crippen molar-refractivity contribution < 1.29 is 9.53 Å². The van der Waals surface area contributed by atoms with E-state index in [1.54, 1.807) is 0 Å². The number of hydrogen-bond acceptors (Lipinski definition) is 3. The summed E-state index contributed by atoms with van der Waals surface area (Å²) in [6.45, 7) is 3.52. The van der Waals surface area contributed by atoms with Crippen molar-refractivity contribution in [3.05, 3.63) is 27.2 Å². The number of rotatable bonds is 5. The quantitative estimate of drug-likeness (QED) is 0.659. The van der Waals surface area contributed by atoms with Crippen LogP contribution in [-0.4, -0.2) is 18.2 Å². The number of nitrogens with zero attached hydrogens (tertiary/aromatic N) is 1. The van der Waals surface area contributed by atoms with E-state index < -0.39 is 5.91 Å². The molecule has 1 N–H and O–H groups in total. The molecule has 0 aliphatic rings. The first-order valence-electron chi connectivity index (χ1n) is 5.53. The minimum absolute atomic E-state index is 0.221. The van der Waals surface area contributed by atoms with Crippen LogP contribution in [-0.2, 0) is 4.79 Å².